The minimum Gasteiger partial charge on any atom is -0.310 e. The molecule has 114 valence electrons. The van der Waals surface area contributed by atoms with Gasteiger partial charge < -0.3 is 5.32 Å². The third-order valence-electron chi connectivity index (χ3n) is 3.46. The molecule has 1 aromatic carbocycles. The second-order valence-electron chi connectivity index (χ2n) is 5.15. The number of nitrogens with one attached hydrogen (secondary N) is 1. The van der Waals surface area contributed by atoms with E-state index >= 15 is 0 Å². The van der Waals surface area contributed by atoms with E-state index in [9.17, 15) is 8.78 Å². The Bertz CT molecular complexity index is 587. The van der Waals surface area contributed by atoms with E-state index in [0.29, 0.717) is 12.0 Å². The van der Waals surface area contributed by atoms with Crippen molar-refractivity contribution in [1.29, 1.82) is 0 Å². The SMILES string of the molecule is CCNC(Cc1cc(F)cc(F)c1)c1cn(C)nc1CC. The predicted molar refractivity (Wildman–Crippen MR) is 79.1 cm³/mol. The Morgan fingerprint density at radius 1 is 1.19 bits per heavy atom. The Balaban J connectivity index is 2.30. The van der Waals surface area contributed by atoms with Crippen LogP contribution in [0.15, 0.2) is 24.4 Å². The largest absolute Gasteiger partial charge is 0.310 e. The summed E-state index contributed by atoms with van der Waals surface area (Å²) >= 11 is 0. The van der Waals surface area contributed by atoms with Crippen molar-refractivity contribution in [3.63, 3.8) is 0 Å². The lowest BCUT2D eigenvalue weighted by Crippen LogP contribution is -2.23. The van der Waals surface area contributed by atoms with E-state index < -0.39 is 11.6 Å². The van der Waals surface area contributed by atoms with Crippen LogP contribution in [0.25, 0.3) is 0 Å². The van der Waals surface area contributed by atoms with Gasteiger partial charge in [0.25, 0.3) is 0 Å². The fourth-order valence-electron chi connectivity index (χ4n) is 2.62. The maximum Gasteiger partial charge on any atom is 0.126 e. The van der Waals surface area contributed by atoms with Crippen molar-refractivity contribution in [2.45, 2.75) is 32.7 Å². The number of hydrogen-bond donors (Lipinski definition) is 1. The standard InChI is InChI=1S/C16H21F2N3/c1-4-15-14(10-21(3)20-15)16(19-5-2)8-11-6-12(17)9-13(18)7-11/h6-7,9-10,16,19H,4-5,8H2,1-3H3. The summed E-state index contributed by atoms with van der Waals surface area (Å²) in [7, 11) is 1.88. The van der Waals surface area contributed by atoms with Crippen molar-refractivity contribution in [1.82, 2.24) is 15.1 Å². The molecule has 0 radical (unpaired) electrons. The first-order chi connectivity index (χ1) is 10.0. The second kappa shape index (κ2) is 6.80. The Labute approximate surface area is 124 Å². The van der Waals surface area contributed by atoms with E-state index in [4.69, 9.17) is 0 Å². The first kappa shape index (κ1) is 15.6. The lowest BCUT2D eigenvalue weighted by Gasteiger charge is -2.18. The Hall–Kier alpha value is -1.75. The summed E-state index contributed by atoms with van der Waals surface area (Å²) in [4.78, 5) is 0. The van der Waals surface area contributed by atoms with Gasteiger partial charge in [-0.25, -0.2) is 8.78 Å². The Morgan fingerprint density at radius 3 is 2.43 bits per heavy atom. The topological polar surface area (TPSA) is 29.9 Å². The molecule has 0 aliphatic heterocycles. The fraction of sp³-hybridized carbons (Fsp3) is 0.438. The lowest BCUT2D eigenvalue weighted by molar-refractivity contribution is 0.535. The first-order valence-electron chi connectivity index (χ1n) is 7.24. The lowest BCUT2D eigenvalue weighted by atomic mass is 9.98. The summed E-state index contributed by atoms with van der Waals surface area (Å²) < 4.78 is 28.5. The van der Waals surface area contributed by atoms with Gasteiger partial charge in [-0.05, 0) is 37.1 Å². The average Bonchev–Trinajstić information content (AvgIpc) is 2.78. The van der Waals surface area contributed by atoms with Crippen molar-refractivity contribution >= 4 is 0 Å². The molecule has 1 N–H and O–H groups in total. The third-order valence-corrected chi connectivity index (χ3v) is 3.46. The number of hydrogen-bond acceptors (Lipinski definition) is 2. The molecule has 1 unspecified atom stereocenters. The number of likely N-dealkylation sites (N-methyl/N-ethyl adjacent to an activating group) is 1. The number of aromatic nitrogens is 2. The summed E-state index contributed by atoms with van der Waals surface area (Å²) in [6.45, 7) is 4.85. The van der Waals surface area contributed by atoms with Crippen molar-refractivity contribution in [3.05, 3.63) is 52.9 Å². The van der Waals surface area contributed by atoms with Crippen LogP contribution in [0.2, 0.25) is 0 Å². The molecule has 3 nitrogen and oxygen atoms in total. The van der Waals surface area contributed by atoms with Crippen molar-refractivity contribution < 1.29 is 8.78 Å². The van der Waals surface area contributed by atoms with Crippen molar-refractivity contribution in [2.75, 3.05) is 6.54 Å². The molecule has 0 saturated heterocycles. The molecule has 2 aromatic rings. The van der Waals surface area contributed by atoms with E-state index in [1.165, 1.54) is 12.1 Å². The highest BCUT2D eigenvalue weighted by Gasteiger charge is 2.18. The summed E-state index contributed by atoms with van der Waals surface area (Å²) in [5, 5.41) is 7.81. The van der Waals surface area contributed by atoms with Gasteiger partial charge in [0.1, 0.15) is 11.6 Å². The van der Waals surface area contributed by atoms with Gasteiger partial charge in [-0.15, -0.1) is 0 Å². The second-order valence-corrected chi connectivity index (χ2v) is 5.15. The Morgan fingerprint density at radius 2 is 1.86 bits per heavy atom. The molecule has 0 saturated carbocycles. The van der Waals surface area contributed by atoms with Crippen LogP contribution >= 0.6 is 0 Å². The Kier molecular flexibility index (Phi) is 5.07. The van der Waals surface area contributed by atoms with E-state index in [1.807, 2.05) is 20.2 Å². The first-order valence-corrected chi connectivity index (χ1v) is 7.24. The molecule has 0 fully saturated rings. The predicted octanol–water partition coefficient (Wildman–Crippen LogP) is 3.15. The van der Waals surface area contributed by atoms with Gasteiger partial charge in [0.15, 0.2) is 0 Å². The molecule has 2 rings (SSSR count). The van der Waals surface area contributed by atoms with E-state index in [0.717, 1.165) is 30.3 Å². The minimum atomic E-state index is -0.540. The molecular formula is C16H21F2N3. The summed E-state index contributed by atoms with van der Waals surface area (Å²) in [5.74, 6) is -1.08. The van der Waals surface area contributed by atoms with Gasteiger partial charge in [0.05, 0.1) is 5.69 Å². The molecule has 5 heteroatoms. The number of aryl methyl sites for hydroxylation is 2. The molecule has 1 heterocycles. The highest BCUT2D eigenvalue weighted by Crippen LogP contribution is 2.23. The molecule has 1 aromatic heterocycles. The van der Waals surface area contributed by atoms with Crippen LogP contribution in [0.1, 0.15) is 36.7 Å². The van der Waals surface area contributed by atoms with Crippen LogP contribution in [0.3, 0.4) is 0 Å². The summed E-state index contributed by atoms with van der Waals surface area (Å²) in [6.07, 6.45) is 3.33. The number of benzene rings is 1. The van der Waals surface area contributed by atoms with Crippen molar-refractivity contribution in [2.24, 2.45) is 7.05 Å². The maximum absolute atomic E-state index is 13.3. The zero-order valence-electron chi connectivity index (χ0n) is 12.7. The molecule has 21 heavy (non-hydrogen) atoms. The van der Waals surface area contributed by atoms with Gasteiger partial charge in [-0.1, -0.05) is 13.8 Å². The summed E-state index contributed by atoms with van der Waals surface area (Å²) in [6, 6.07) is 3.66. The molecule has 0 bridgehead atoms. The van der Waals surface area contributed by atoms with E-state index in [-0.39, 0.29) is 6.04 Å². The molecule has 1 atom stereocenters. The molecular weight excluding hydrogens is 272 g/mol. The number of rotatable bonds is 6. The molecule has 0 aliphatic rings. The van der Waals surface area contributed by atoms with Crippen LogP contribution in [0.4, 0.5) is 8.78 Å². The van der Waals surface area contributed by atoms with Crippen LogP contribution in [-0.2, 0) is 19.9 Å². The normalized spacial score (nSPS) is 12.6. The summed E-state index contributed by atoms with van der Waals surface area (Å²) in [5.41, 5.74) is 2.75. The highest BCUT2D eigenvalue weighted by molar-refractivity contribution is 5.26. The highest BCUT2D eigenvalue weighted by atomic mass is 19.1. The fourth-order valence-corrected chi connectivity index (χ4v) is 2.62. The van der Waals surface area contributed by atoms with Crippen molar-refractivity contribution in [3.8, 4) is 0 Å². The van der Waals surface area contributed by atoms with Crippen LogP contribution in [0.5, 0.6) is 0 Å². The van der Waals surface area contributed by atoms with E-state index in [2.05, 4.69) is 17.3 Å². The number of halogens is 2. The van der Waals surface area contributed by atoms with Gasteiger partial charge in [-0.2, -0.15) is 5.10 Å². The maximum atomic E-state index is 13.3. The third kappa shape index (κ3) is 3.88. The van der Waals surface area contributed by atoms with Crippen LogP contribution in [-0.4, -0.2) is 16.3 Å². The van der Waals surface area contributed by atoms with E-state index in [1.54, 1.807) is 4.68 Å². The zero-order valence-corrected chi connectivity index (χ0v) is 12.7. The molecule has 0 spiro atoms. The van der Waals surface area contributed by atoms with Gasteiger partial charge in [-0.3, -0.25) is 4.68 Å². The smallest absolute Gasteiger partial charge is 0.126 e. The van der Waals surface area contributed by atoms with Crippen LogP contribution < -0.4 is 5.32 Å². The van der Waals surface area contributed by atoms with Crippen LogP contribution in [0, 0.1) is 11.6 Å². The van der Waals surface area contributed by atoms with Gasteiger partial charge in [0, 0.05) is 30.9 Å². The minimum absolute atomic E-state index is 0.000139. The zero-order chi connectivity index (χ0) is 15.4. The number of nitrogens with zero attached hydrogens (tertiary/aromatic N) is 2. The van der Waals surface area contributed by atoms with Gasteiger partial charge >= 0.3 is 0 Å². The monoisotopic (exact) mass is 293 g/mol. The quantitative estimate of drug-likeness (QED) is 0.886. The molecule has 0 amide bonds. The van der Waals surface area contributed by atoms with Gasteiger partial charge in [0.2, 0.25) is 0 Å². The molecule has 0 aliphatic carbocycles. The average molecular weight is 293 g/mol.